The molecule has 8 heteroatoms. The number of hydrogen-bond donors (Lipinski definition) is 2. The molecule has 0 aliphatic carbocycles. The summed E-state index contributed by atoms with van der Waals surface area (Å²) < 4.78 is 1.54. The maximum atomic E-state index is 11.6. The molecule has 0 saturated heterocycles. The van der Waals surface area contributed by atoms with Gasteiger partial charge < -0.3 is 9.88 Å². The normalized spacial score (nSPS) is 10.1. The van der Waals surface area contributed by atoms with Gasteiger partial charge in [0, 0.05) is 37.6 Å². The predicted molar refractivity (Wildman–Crippen MR) is 72.9 cm³/mol. The van der Waals surface area contributed by atoms with Crippen LogP contribution in [0.2, 0.25) is 0 Å². The summed E-state index contributed by atoms with van der Waals surface area (Å²) in [6, 6.07) is -0.375. The Hall–Kier alpha value is -1.83. The lowest BCUT2D eigenvalue weighted by molar-refractivity contribution is -0.124. The summed E-state index contributed by atoms with van der Waals surface area (Å²) in [6.07, 6.45) is 0.140. The lowest BCUT2D eigenvalue weighted by Gasteiger charge is -2.18. The van der Waals surface area contributed by atoms with E-state index in [0.717, 1.165) is 22.0 Å². The molecule has 19 heavy (non-hydrogen) atoms. The van der Waals surface area contributed by atoms with Gasteiger partial charge in [-0.05, 0) is 13.8 Å². The fourth-order valence-electron chi connectivity index (χ4n) is 1.45. The van der Waals surface area contributed by atoms with Gasteiger partial charge in [0.15, 0.2) is 0 Å². The zero-order valence-corrected chi connectivity index (χ0v) is 12.0. The zero-order chi connectivity index (χ0) is 14.4. The molecule has 1 rings (SSSR count). The topological polar surface area (TPSA) is 83.4 Å². The number of aryl methyl sites for hydroxylation is 1. The molecule has 1 aromatic heterocycles. The van der Waals surface area contributed by atoms with Crippen molar-refractivity contribution in [3.63, 3.8) is 0 Å². The van der Waals surface area contributed by atoms with Crippen molar-refractivity contribution < 1.29 is 9.59 Å². The summed E-state index contributed by atoms with van der Waals surface area (Å²) >= 11 is 1.11. The standard InChI is InChI=1S/C11H18N4O3S/c1-4-12-10(17)14(3)13-9(16)5-6-15-8(2)7-19-11(15)18/h7H,4-6H2,1-3H3,(H,12,17)(H,13,16). The molecule has 2 N–H and O–H groups in total. The van der Waals surface area contributed by atoms with E-state index in [1.165, 1.54) is 11.6 Å². The summed E-state index contributed by atoms with van der Waals surface area (Å²) in [5.41, 5.74) is 3.27. The Bertz CT molecular complexity index is 508. The molecule has 0 unspecified atom stereocenters. The summed E-state index contributed by atoms with van der Waals surface area (Å²) in [6.45, 7) is 4.40. The number of aromatic nitrogens is 1. The first-order chi connectivity index (χ1) is 8.95. The van der Waals surface area contributed by atoms with Crippen LogP contribution in [0.1, 0.15) is 19.0 Å². The van der Waals surface area contributed by atoms with Crippen LogP contribution in [0.3, 0.4) is 0 Å². The average Bonchev–Trinajstić information content (AvgIpc) is 2.67. The molecular weight excluding hydrogens is 268 g/mol. The van der Waals surface area contributed by atoms with E-state index < -0.39 is 0 Å². The minimum Gasteiger partial charge on any atom is -0.337 e. The quantitative estimate of drug-likeness (QED) is 0.781. The molecule has 0 atom stereocenters. The number of nitrogens with one attached hydrogen (secondary N) is 2. The third-order valence-corrected chi connectivity index (χ3v) is 3.34. The summed E-state index contributed by atoms with van der Waals surface area (Å²) in [4.78, 5) is 34.4. The second-order valence-corrected chi connectivity index (χ2v) is 4.79. The van der Waals surface area contributed by atoms with E-state index >= 15 is 0 Å². The highest BCUT2D eigenvalue weighted by Crippen LogP contribution is 2.00. The maximum absolute atomic E-state index is 11.6. The van der Waals surface area contributed by atoms with E-state index in [4.69, 9.17) is 0 Å². The second kappa shape index (κ2) is 6.93. The monoisotopic (exact) mass is 286 g/mol. The summed E-state index contributed by atoms with van der Waals surface area (Å²) in [5, 5.41) is 5.40. The van der Waals surface area contributed by atoms with Gasteiger partial charge in [0.05, 0.1) is 0 Å². The van der Waals surface area contributed by atoms with Crippen LogP contribution in [0.4, 0.5) is 4.79 Å². The largest absolute Gasteiger partial charge is 0.337 e. The van der Waals surface area contributed by atoms with Gasteiger partial charge in [0.25, 0.3) is 0 Å². The van der Waals surface area contributed by atoms with Crippen molar-refractivity contribution in [1.29, 1.82) is 0 Å². The van der Waals surface area contributed by atoms with Crippen LogP contribution in [0.15, 0.2) is 10.2 Å². The molecule has 1 aromatic rings. The van der Waals surface area contributed by atoms with Crippen LogP contribution in [-0.2, 0) is 11.3 Å². The van der Waals surface area contributed by atoms with Crippen molar-refractivity contribution in [2.24, 2.45) is 0 Å². The molecule has 7 nitrogen and oxygen atoms in total. The van der Waals surface area contributed by atoms with Crippen molar-refractivity contribution >= 4 is 23.3 Å². The molecule has 1 heterocycles. The Labute approximate surface area is 115 Å². The van der Waals surface area contributed by atoms with Gasteiger partial charge in [-0.25, -0.2) is 9.80 Å². The first-order valence-electron chi connectivity index (χ1n) is 5.91. The lowest BCUT2D eigenvalue weighted by Crippen LogP contribution is -2.48. The maximum Gasteiger partial charge on any atom is 0.335 e. The Morgan fingerprint density at radius 1 is 1.47 bits per heavy atom. The van der Waals surface area contributed by atoms with Gasteiger partial charge in [-0.1, -0.05) is 11.3 Å². The summed E-state index contributed by atoms with van der Waals surface area (Å²) in [7, 11) is 1.46. The van der Waals surface area contributed by atoms with Gasteiger partial charge in [-0.3, -0.25) is 15.0 Å². The number of urea groups is 1. The molecule has 3 amide bonds. The Kier molecular flexibility index (Phi) is 5.56. The number of hydrogen-bond acceptors (Lipinski definition) is 4. The molecule has 106 valence electrons. The predicted octanol–water partition coefficient (Wildman–Crippen LogP) is 0.301. The molecular formula is C11H18N4O3S. The molecule has 0 radical (unpaired) electrons. The number of carbonyl (C=O) groups is 2. The fraction of sp³-hybridized carbons (Fsp3) is 0.545. The van der Waals surface area contributed by atoms with Gasteiger partial charge in [0.2, 0.25) is 5.91 Å². The highest BCUT2D eigenvalue weighted by atomic mass is 32.1. The highest BCUT2D eigenvalue weighted by Gasteiger charge is 2.11. The van der Waals surface area contributed by atoms with Crippen LogP contribution in [0.5, 0.6) is 0 Å². The van der Waals surface area contributed by atoms with Crippen LogP contribution in [0, 0.1) is 6.92 Å². The number of thiazole rings is 1. The minimum atomic E-state index is -0.375. The van der Waals surface area contributed by atoms with E-state index in [1.807, 2.05) is 6.92 Å². The van der Waals surface area contributed by atoms with Crippen molar-refractivity contribution in [3.8, 4) is 0 Å². The van der Waals surface area contributed by atoms with E-state index in [2.05, 4.69) is 10.7 Å². The number of nitrogens with zero attached hydrogens (tertiary/aromatic N) is 2. The lowest BCUT2D eigenvalue weighted by atomic mass is 10.4. The van der Waals surface area contributed by atoms with Crippen molar-refractivity contribution in [2.75, 3.05) is 13.6 Å². The molecule has 0 saturated carbocycles. The molecule has 0 spiro atoms. The molecule has 0 fully saturated rings. The van der Waals surface area contributed by atoms with Crippen molar-refractivity contribution in [2.45, 2.75) is 26.8 Å². The Morgan fingerprint density at radius 2 is 2.16 bits per heavy atom. The zero-order valence-electron chi connectivity index (χ0n) is 11.2. The van der Waals surface area contributed by atoms with Crippen LogP contribution >= 0.6 is 11.3 Å². The highest BCUT2D eigenvalue weighted by molar-refractivity contribution is 7.07. The van der Waals surface area contributed by atoms with Crippen LogP contribution in [-0.4, -0.2) is 35.1 Å². The number of hydrazine groups is 1. The van der Waals surface area contributed by atoms with Crippen LogP contribution in [0.25, 0.3) is 0 Å². The molecule has 0 aliphatic rings. The smallest absolute Gasteiger partial charge is 0.335 e. The second-order valence-electron chi connectivity index (χ2n) is 3.97. The van der Waals surface area contributed by atoms with Gasteiger partial charge >= 0.3 is 10.9 Å². The van der Waals surface area contributed by atoms with Gasteiger partial charge in [-0.2, -0.15) is 0 Å². The third-order valence-electron chi connectivity index (χ3n) is 2.46. The third kappa shape index (κ3) is 4.40. The van der Waals surface area contributed by atoms with Gasteiger partial charge in [0.1, 0.15) is 0 Å². The molecule has 0 bridgehead atoms. The summed E-state index contributed by atoms with van der Waals surface area (Å²) in [5.74, 6) is -0.314. The molecule has 0 aromatic carbocycles. The van der Waals surface area contributed by atoms with Crippen LogP contribution < -0.4 is 15.6 Å². The SMILES string of the molecule is CCNC(=O)N(C)NC(=O)CCn1c(C)csc1=O. The number of amides is 3. The fourth-order valence-corrected chi connectivity index (χ4v) is 2.21. The van der Waals surface area contributed by atoms with Crippen molar-refractivity contribution in [1.82, 2.24) is 20.3 Å². The van der Waals surface area contributed by atoms with E-state index in [1.54, 1.807) is 12.3 Å². The first-order valence-corrected chi connectivity index (χ1v) is 6.79. The van der Waals surface area contributed by atoms with Gasteiger partial charge in [-0.15, -0.1) is 0 Å². The van der Waals surface area contributed by atoms with Crippen molar-refractivity contribution in [3.05, 3.63) is 20.7 Å². The Balaban J connectivity index is 2.44. The number of carbonyl (C=O) groups excluding carboxylic acids is 2. The number of rotatable bonds is 4. The minimum absolute atomic E-state index is 0.0811. The van der Waals surface area contributed by atoms with E-state index in [-0.39, 0.29) is 23.2 Å². The van der Waals surface area contributed by atoms with E-state index in [9.17, 15) is 14.4 Å². The first kappa shape index (κ1) is 15.2. The average molecular weight is 286 g/mol. The van der Waals surface area contributed by atoms with E-state index in [0.29, 0.717) is 13.1 Å². The molecule has 0 aliphatic heterocycles. The Morgan fingerprint density at radius 3 is 2.68 bits per heavy atom.